The number of aryl methyl sites for hydroxylation is 1. The summed E-state index contributed by atoms with van der Waals surface area (Å²) in [6.45, 7) is 2.36. The van der Waals surface area contributed by atoms with Crippen molar-refractivity contribution < 1.29 is 26.7 Å². The smallest absolute Gasteiger partial charge is 0.367 e. The van der Waals surface area contributed by atoms with Crippen molar-refractivity contribution in [1.29, 1.82) is 0 Å². The molecule has 3 aromatic rings. The Balaban J connectivity index is 1.61. The molecule has 0 bridgehead atoms. The number of carbonyl (C=O) groups excluding carboxylic acids is 1. The van der Waals surface area contributed by atoms with E-state index in [0.717, 1.165) is 11.1 Å². The van der Waals surface area contributed by atoms with Gasteiger partial charge in [-0.25, -0.2) is 23.7 Å². The van der Waals surface area contributed by atoms with Crippen LogP contribution >= 0.6 is 0 Å². The highest BCUT2D eigenvalue weighted by Crippen LogP contribution is 2.35. The first-order chi connectivity index (χ1) is 16.4. The van der Waals surface area contributed by atoms with Crippen LogP contribution < -0.4 is 5.32 Å². The number of pyridine rings is 1. The number of alkyl halides is 5. The van der Waals surface area contributed by atoms with Gasteiger partial charge in [0.15, 0.2) is 11.4 Å². The molecule has 35 heavy (non-hydrogen) atoms. The van der Waals surface area contributed by atoms with Crippen LogP contribution in [-0.2, 0) is 6.18 Å². The summed E-state index contributed by atoms with van der Waals surface area (Å²) < 4.78 is 67.3. The number of aromatic nitrogens is 6. The van der Waals surface area contributed by atoms with Crippen molar-refractivity contribution in [2.24, 2.45) is 5.92 Å². The van der Waals surface area contributed by atoms with Crippen LogP contribution in [0.4, 0.5) is 27.8 Å². The molecule has 1 amide bonds. The van der Waals surface area contributed by atoms with Gasteiger partial charge in [-0.2, -0.15) is 23.4 Å². The van der Waals surface area contributed by atoms with Crippen molar-refractivity contribution in [2.45, 2.75) is 38.4 Å². The summed E-state index contributed by atoms with van der Waals surface area (Å²) in [4.78, 5) is 27.1. The average molecular weight is 496 g/mol. The van der Waals surface area contributed by atoms with Gasteiger partial charge in [-0.1, -0.05) is 6.92 Å². The van der Waals surface area contributed by atoms with Crippen LogP contribution in [0.3, 0.4) is 0 Å². The number of hydrogen-bond donors (Lipinski definition) is 1. The monoisotopic (exact) mass is 496 g/mol. The molecule has 1 unspecified atom stereocenters. The van der Waals surface area contributed by atoms with Gasteiger partial charge >= 0.3 is 6.18 Å². The Morgan fingerprint density at radius 2 is 1.89 bits per heavy atom. The fourth-order valence-corrected chi connectivity index (χ4v) is 4.00. The fraction of sp³-hybridized carbons (Fsp3) is 0.429. The number of piperidine rings is 1. The molecule has 0 aromatic carbocycles. The Labute approximate surface area is 196 Å². The summed E-state index contributed by atoms with van der Waals surface area (Å²) in [6.07, 6.45) is -0.812. The van der Waals surface area contributed by atoms with Crippen LogP contribution in [0.2, 0.25) is 0 Å². The average Bonchev–Trinajstić information content (AvgIpc) is 3.31. The Kier molecular flexibility index (Phi) is 6.38. The summed E-state index contributed by atoms with van der Waals surface area (Å²) in [5.74, 6) is -4.50. The molecule has 4 rings (SSSR count). The minimum atomic E-state index is -4.64. The molecule has 1 aliphatic rings. The molecule has 1 fully saturated rings. The lowest BCUT2D eigenvalue weighted by molar-refractivity contribution is -0.141. The van der Waals surface area contributed by atoms with Gasteiger partial charge in [0.2, 0.25) is 0 Å². The highest BCUT2D eigenvalue weighted by molar-refractivity contribution is 5.96. The second kappa shape index (κ2) is 9.15. The molecule has 186 valence electrons. The molecule has 0 spiro atoms. The van der Waals surface area contributed by atoms with Gasteiger partial charge in [-0.15, -0.1) is 4.80 Å². The Morgan fingerprint density at radius 1 is 1.17 bits per heavy atom. The Bertz CT molecular complexity index is 1180. The number of carbonyl (C=O) groups is 1. The van der Waals surface area contributed by atoms with Crippen LogP contribution in [0.1, 0.15) is 35.2 Å². The van der Waals surface area contributed by atoms with Crippen molar-refractivity contribution in [3.63, 3.8) is 0 Å². The number of likely N-dealkylation sites (tertiary alicyclic amines) is 1. The van der Waals surface area contributed by atoms with Gasteiger partial charge in [0, 0.05) is 18.7 Å². The van der Waals surface area contributed by atoms with Crippen molar-refractivity contribution >= 4 is 11.7 Å². The van der Waals surface area contributed by atoms with Crippen molar-refractivity contribution in [2.75, 3.05) is 18.4 Å². The molecule has 1 N–H and O–H groups in total. The van der Waals surface area contributed by atoms with Gasteiger partial charge in [0.05, 0.1) is 37.4 Å². The molecular formula is C21H21F5N8O. The minimum Gasteiger partial charge on any atom is -0.367 e. The van der Waals surface area contributed by atoms with Crippen LogP contribution in [-0.4, -0.2) is 65.8 Å². The van der Waals surface area contributed by atoms with Crippen LogP contribution in [0.25, 0.3) is 5.69 Å². The van der Waals surface area contributed by atoms with E-state index in [9.17, 15) is 26.7 Å². The predicted molar refractivity (Wildman–Crippen MR) is 113 cm³/mol. The fourth-order valence-electron chi connectivity index (χ4n) is 4.00. The first-order valence-corrected chi connectivity index (χ1v) is 10.6. The van der Waals surface area contributed by atoms with Crippen LogP contribution in [0.15, 0.2) is 36.9 Å². The van der Waals surface area contributed by atoms with E-state index in [1.54, 1.807) is 26.0 Å². The Morgan fingerprint density at radius 3 is 2.51 bits per heavy atom. The summed E-state index contributed by atoms with van der Waals surface area (Å²) >= 11 is 0. The molecular weight excluding hydrogens is 475 g/mol. The van der Waals surface area contributed by atoms with Gasteiger partial charge in [0.25, 0.3) is 11.8 Å². The van der Waals surface area contributed by atoms with E-state index in [1.807, 2.05) is 0 Å². The lowest BCUT2D eigenvalue weighted by Gasteiger charge is -2.43. The highest BCUT2D eigenvalue weighted by Gasteiger charge is 2.46. The third kappa shape index (κ3) is 5.35. The lowest BCUT2D eigenvalue weighted by Crippen LogP contribution is -2.57. The third-order valence-corrected chi connectivity index (χ3v) is 5.62. The molecule has 0 radical (unpaired) electrons. The van der Waals surface area contributed by atoms with Crippen molar-refractivity contribution in [3.8, 4) is 5.69 Å². The van der Waals surface area contributed by atoms with E-state index >= 15 is 0 Å². The number of nitrogens with one attached hydrogen (secondary N) is 1. The molecule has 14 heteroatoms. The first kappa shape index (κ1) is 24.4. The number of amides is 1. The minimum absolute atomic E-state index is 0.0186. The second-order valence-electron chi connectivity index (χ2n) is 8.34. The highest BCUT2D eigenvalue weighted by atomic mass is 19.4. The number of hydrogen-bond acceptors (Lipinski definition) is 7. The third-order valence-electron chi connectivity index (χ3n) is 5.62. The predicted octanol–water partition coefficient (Wildman–Crippen LogP) is 3.38. The van der Waals surface area contributed by atoms with E-state index < -0.39 is 48.6 Å². The number of anilines is 1. The van der Waals surface area contributed by atoms with Gasteiger partial charge in [-0.3, -0.25) is 4.79 Å². The molecule has 4 heterocycles. The van der Waals surface area contributed by atoms with Crippen LogP contribution in [0.5, 0.6) is 0 Å². The molecule has 0 aliphatic carbocycles. The number of nitrogens with zero attached hydrogens (tertiary/aromatic N) is 7. The van der Waals surface area contributed by atoms with E-state index in [2.05, 4.69) is 30.5 Å². The number of halogens is 5. The van der Waals surface area contributed by atoms with E-state index in [0.29, 0.717) is 11.9 Å². The summed E-state index contributed by atoms with van der Waals surface area (Å²) in [5, 5.41) is 10.8. The maximum Gasteiger partial charge on any atom is 0.434 e. The molecule has 1 saturated heterocycles. The SMILES string of the molecule is Cc1ccc(-n2nccn2)c(C(=O)N2CC(F)(F)C[C@@H](C)C2CNc2cnc(C(F)(F)F)cn2)n1. The Hall–Kier alpha value is -3.71. The quantitative estimate of drug-likeness (QED) is 0.541. The zero-order valence-corrected chi connectivity index (χ0v) is 18.7. The van der Waals surface area contributed by atoms with Gasteiger partial charge < -0.3 is 10.2 Å². The number of rotatable bonds is 5. The van der Waals surface area contributed by atoms with Crippen molar-refractivity contribution in [1.82, 2.24) is 34.8 Å². The van der Waals surface area contributed by atoms with Gasteiger partial charge in [0.1, 0.15) is 11.5 Å². The van der Waals surface area contributed by atoms with Crippen LogP contribution in [0, 0.1) is 12.8 Å². The molecule has 2 atom stereocenters. The molecule has 3 aromatic heterocycles. The van der Waals surface area contributed by atoms with E-state index in [-0.39, 0.29) is 23.7 Å². The summed E-state index contributed by atoms with van der Waals surface area (Å²) in [5.41, 5.74) is -0.524. The zero-order chi connectivity index (χ0) is 25.4. The van der Waals surface area contributed by atoms with E-state index in [1.165, 1.54) is 17.2 Å². The topological polar surface area (TPSA) is 102 Å². The molecule has 1 aliphatic heterocycles. The van der Waals surface area contributed by atoms with Crippen molar-refractivity contribution in [3.05, 3.63) is 54.0 Å². The molecule has 9 nitrogen and oxygen atoms in total. The van der Waals surface area contributed by atoms with Gasteiger partial charge in [-0.05, 0) is 25.0 Å². The first-order valence-electron chi connectivity index (χ1n) is 10.6. The molecule has 0 saturated carbocycles. The maximum atomic E-state index is 14.5. The maximum absolute atomic E-state index is 14.5. The van der Waals surface area contributed by atoms with E-state index in [4.69, 9.17) is 0 Å². The second-order valence-corrected chi connectivity index (χ2v) is 8.34. The zero-order valence-electron chi connectivity index (χ0n) is 18.7. The summed E-state index contributed by atoms with van der Waals surface area (Å²) in [7, 11) is 0. The largest absolute Gasteiger partial charge is 0.434 e. The summed E-state index contributed by atoms with van der Waals surface area (Å²) in [6, 6.07) is 2.49. The lowest BCUT2D eigenvalue weighted by atomic mass is 9.88. The standard InChI is InChI=1S/C21H21F5N8O/c1-12-7-20(22,23)11-33(15(12)8-28-17-10-27-16(9-29-17)21(24,25)26)19(35)18-14(4-3-13(2)32-18)34-30-5-6-31-34/h3-6,9-10,12,15H,7-8,11H2,1-2H3,(H,28,29)/t12-,15?/m1/s1. The normalized spacial score (nSPS) is 20.0.